The molecule has 0 saturated carbocycles. The van der Waals surface area contributed by atoms with Crippen molar-refractivity contribution in [1.82, 2.24) is 0 Å². The molecule has 0 fully saturated rings. The number of hydrogen-bond acceptors (Lipinski definition) is 6. The number of ketones is 1. The van der Waals surface area contributed by atoms with E-state index in [1.165, 1.54) is 36.0 Å². The highest BCUT2D eigenvalue weighted by Gasteiger charge is 2.11. The number of amides is 1. The van der Waals surface area contributed by atoms with E-state index in [9.17, 15) is 19.7 Å². The Bertz CT molecular complexity index is 1080. The van der Waals surface area contributed by atoms with Crippen LogP contribution in [0.5, 0.6) is 5.75 Å². The molecule has 0 spiro atoms. The molecule has 0 aromatic heterocycles. The second-order valence-corrected chi connectivity index (χ2v) is 7.50. The molecule has 0 saturated heterocycles. The second-order valence-electron chi connectivity index (χ2n) is 6.46. The fourth-order valence-corrected chi connectivity index (χ4v) is 3.59. The number of nitrogens with one attached hydrogen (secondary N) is 1. The van der Waals surface area contributed by atoms with E-state index in [2.05, 4.69) is 5.32 Å². The SMILES string of the molecule is CCOc1ccc(C(=O)CSc2cccc(NC(=O)c3ccc([N+](=O)[O-])cc3)c2)cc1. The molecule has 8 heteroatoms. The van der Waals surface area contributed by atoms with Crippen molar-refractivity contribution < 1.29 is 19.2 Å². The number of thioether (sulfide) groups is 1. The Morgan fingerprint density at radius 2 is 1.68 bits per heavy atom. The van der Waals surface area contributed by atoms with E-state index in [4.69, 9.17) is 4.74 Å². The van der Waals surface area contributed by atoms with Crippen LogP contribution in [-0.2, 0) is 0 Å². The number of nitrogens with zero attached hydrogens (tertiary/aromatic N) is 1. The number of carbonyl (C=O) groups excluding carboxylic acids is 2. The number of nitro benzene ring substituents is 1. The minimum Gasteiger partial charge on any atom is -0.494 e. The van der Waals surface area contributed by atoms with Crippen molar-refractivity contribution in [2.45, 2.75) is 11.8 Å². The molecular weight excluding hydrogens is 416 g/mol. The molecule has 7 nitrogen and oxygen atoms in total. The van der Waals surface area contributed by atoms with Crippen LogP contribution in [-0.4, -0.2) is 29.0 Å². The molecule has 0 aliphatic rings. The lowest BCUT2D eigenvalue weighted by atomic mass is 10.1. The van der Waals surface area contributed by atoms with E-state index in [-0.39, 0.29) is 23.1 Å². The highest BCUT2D eigenvalue weighted by Crippen LogP contribution is 2.24. The quantitative estimate of drug-likeness (QED) is 0.214. The summed E-state index contributed by atoms with van der Waals surface area (Å²) in [5, 5.41) is 13.5. The monoisotopic (exact) mass is 436 g/mol. The maximum Gasteiger partial charge on any atom is 0.269 e. The smallest absolute Gasteiger partial charge is 0.269 e. The highest BCUT2D eigenvalue weighted by atomic mass is 32.2. The Hall–Kier alpha value is -3.65. The van der Waals surface area contributed by atoms with Crippen LogP contribution in [0.3, 0.4) is 0 Å². The van der Waals surface area contributed by atoms with Crippen LogP contribution in [0.15, 0.2) is 77.7 Å². The molecule has 158 valence electrons. The molecule has 1 amide bonds. The average molecular weight is 436 g/mol. The number of benzene rings is 3. The number of carbonyl (C=O) groups is 2. The summed E-state index contributed by atoms with van der Waals surface area (Å²) >= 11 is 1.37. The molecule has 0 atom stereocenters. The molecule has 0 heterocycles. The van der Waals surface area contributed by atoms with Gasteiger partial charge in [-0.15, -0.1) is 11.8 Å². The van der Waals surface area contributed by atoms with Crippen molar-refractivity contribution in [2.75, 3.05) is 17.7 Å². The zero-order valence-corrected chi connectivity index (χ0v) is 17.6. The van der Waals surface area contributed by atoms with Gasteiger partial charge in [-0.2, -0.15) is 0 Å². The predicted molar refractivity (Wildman–Crippen MR) is 120 cm³/mol. The molecule has 3 aromatic carbocycles. The van der Waals surface area contributed by atoms with Gasteiger partial charge in [-0.1, -0.05) is 6.07 Å². The van der Waals surface area contributed by atoms with Gasteiger partial charge in [0.05, 0.1) is 17.3 Å². The van der Waals surface area contributed by atoms with Gasteiger partial charge < -0.3 is 10.1 Å². The first kappa shape index (κ1) is 22.0. The van der Waals surface area contributed by atoms with Gasteiger partial charge in [0.1, 0.15) is 5.75 Å². The number of non-ortho nitro benzene ring substituents is 1. The lowest BCUT2D eigenvalue weighted by Crippen LogP contribution is -2.11. The molecule has 3 rings (SSSR count). The van der Waals surface area contributed by atoms with Gasteiger partial charge in [-0.05, 0) is 61.5 Å². The predicted octanol–water partition coefficient (Wildman–Crippen LogP) is 5.22. The van der Waals surface area contributed by atoms with Crippen molar-refractivity contribution in [3.8, 4) is 5.75 Å². The van der Waals surface area contributed by atoms with Crippen molar-refractivity contribution in [3.63, 3.8) is 0 Å². The van der Waals surface area contributed by atoms with Gasteiger partial charge in [0, 0.05) is 33.8 Å². The van der Waals surface area contributed by atoms with Crippen molar-refractivity contribution in [2.24, 2.45) is 0 Å². The van der Waals surface area contributed by atoms with Crippen LogP contribution >= 0.6 is 11.8 Å². The van der Waals surface area contributed by atoms with E-state index < -0.39 is 4.92 Å². The third kappa shape index (κ3) is 6.16. The molecule has 0 aliphatic carbocycles. The lowest BCUT2D eigenvalue weighted by Gasteiger charge is -2.08. The van der Waals surface area contributed by atoms with Gasteiger partial charge in [0.25, 0.3) is 11.6 Å². The van der Waals surface area contributed by atoms with E-state index >= 15 is 0 Å². The van der Waals surface area contributed by atoms with Crippen LogP contribution < -0.4 is 10.1 Å². The van der Waals surface area contributed by atoms with E-state index in [0.29, 0.717) is 23.4 Å². The molecule has 0 radical (unpaired) electrons. The van der Waals surface area contributed by atoms with Gasteiger partial charge in [0.2, 0.25) is 0 Å². The number of nitro groups is 1. The van der Waals surface area contributed by atoms with Crippen LogP contribution in [0, 0.1) is 10.1 Å². The summed E-state index contributed by atoms with van der Waals surface area (Å²) < 4.78 is 5.38. The first-order valence-electron chi connectivity index (χ1n) is 9.51. The summed E-state index contributed by atoms with van der Waals surface area (Å²) in [6, 6.07) is 19.6. The zero-order chi connectivity index (χ0) is 22.2. The standard InChI is InChI=1S/C23H20N2O5S/c1-2-30-20-12-8-16(9-13-20)22(26)15-31-21-5-3-4-18(14-21)24-23(27)17-6-10-19(11-7-17)25(28)29/h3-14H,2,15H2,1H3,(H,24,27). The largest absolute Gasteiger partial charge is 0.494 e. The van der Waals surface area contributed by atoms with E-state index in [1.54, 1.807) is 42.5 Å². The summed E-state index contributed by atoms with van der Waals surface area (Å²) in [6.45, 7) is 2.47. The van der Waals surface area contributed by atoms with Crippen molar-refractivity contribution in [1.29, 1.82) is 0 Å². The first-order valence-corrected chi connectivity index (χ1v) is 10.5. The number of anilines is 1. The molecule has 1 N–H and O–H groups in total. The minimum absolute atomic E-state index is 0.00614. The fraction of sp³-hybridized carbons (Fsp3) is 0.130. The van der Waals surface area contributed by atoms with Gasteiger partial charge in [-0.25, -0.2) is 0 Å². The Kier molecular flexibility index (Phi) is 7.40. The van der Waals surface area contributed by atoms with Crippen LogP contribution in [0.25, 0.3) is 0 Å². The van der Waals surface area contributed by atoms with Crippen LogP contribution in [0.2, 0.25) is 0 Å². The number of ether oxygens (including phenoxy) is 1. The lowest BCUT2D eigenvalue weighted by molar-refractivity contribution is -0.384. The fourth-order valence-electron chi connectivity index (χ4n) is 2.74. The normalized spacial score (nSPS) is 10.4. The molecule has 3 aromatic rings. The van der Waals surface area contributed by atoms with Crippen molar-refractivity contribution >= 4 is 34.8 Å². The van der Waals surface area contributed by atoms with Crippen LogP contribution in [0.4, 0.5) is 11.4 Å². The Labute approximate surface area is 183 Å². The number of Topliss-reactive ketones (excluding diaryl/α,β-unsaturated/α-hetero) is 1. The maximum absolute atomic E-state index is 12.4. The first-order chi connectivity index (χ1) is 15.0. The summed E-state index contributed by atoms with van der Waals surface area (Å²) in [5.41, 5.74) is 1.42. The Balaban J connectivity index is 1.58. The van der Waals surface area contributed by atoms with Gasteiger partial charge in [0.15, 0.2) is 5.78 Å². The maximum atomic E-state index is 12.4. The third-order valence-corrected chi connectivity index (χ3v) is 5.28. The number of rotatable bonds is 9. The topological polar surface area (TPSA) is 98.5 Å². The van der Waals surface area contributed by atoms with Crippen LogP contribution in [0.1, 0.15) is 27.6 Å². The van der Waals surface area contributed by atoms with Gasteiger partial charge >= 0.3 is 0 Å². The molecule has 0 aliphatic heterocycles. The van der Waals surface area contributed by atoms with E-state index in [0.717, 1.165) is 10.6 Å². The molecule has 31 heavy (non-hydrogen) atoms. The van der Waals surface area contributed by atoms with E-state index in [1.807, 2.05) is 13.0 Å². The number of hydrogen-bond donors (Lipinski definition) is 1. The third-order valence-electron chi connectivity index (χ3n) is 4.29. The summed E-state index contributed by atoms with van der Waals surface area (Å²) in [6.07, 6.45) is 0. The van der Waals surface area contributed by atoms with Crippen molar-refractivity contribution in [3.05, 3.63) is 94.0 Å². The Morgan fingerprint density at radius 3 is 2.32 bits per heavy atom. The average Bonchev–Trinajstić information content (AvgIpc) is 2.78. The second kappa shape index (κ2) is 10.4. The zero-order valence-electron chi connectivity index (χ0n) is 16.7. The summed E-state index contributed by atoms with van der Waals surface area (Å²) in [7, 11) is 0. The molecular formula is C23H20N2O5S. The summed E-state index contributed by atoms with van der Waals surface area (Å²) in [5.74, 6) is 0.604. The molecule has 0 bridgehead atoms. The Morgan fingerprint density at radius 1 is 1.00 bits per heavy atom. The summed E-state index contributed by atoms with van der Waals surface area (Å²) in [4.78, 5) is 35.9. The highest BCUT2D eigenvalue weighted by molar-refractivity contribution is 8.00. The van der Waals surface area contributed by atoms with Gasteiger partial charge in [-0.3, -0.25) is 19.7 Å². The minimum atomic E-state index is -0.517. The molecule has 0 unspecified atom stereocenters.